The molecule has 0 radical (unpaired) electrons. The van der Waals surface area contributed by atoms with E-state index in [1.807, 2.05) is 0 Å². The second kappa shape index (κ2) is 7.64. The zero-order valence-corrected chi connectivity index (χ0v) is 14.0. The van der Waals surface area contributed by atoms with Gasteiger partial charge in [-0.15, -0.1) is 0 Å². The summed E-state index contributed by atoms with van der Waals surface area (Å²) in [7, 11) is 0. The Labute approximate surface area is 121 Å². The summed E-state index contributed by atoms with van der Waals surface area (Å²) in [6.07, 6.45) is 3.84. The largest absolute Gasteiger partial charge is 0.326 e. The van der Waals surface area contributed by atoms with Crippen LogP contribution in [-0.4, -0.2) is 30.1 Å². The van der Waals surface area contributed by atoms with Crippen LogP contribution < -0.4 is 5.73 Å². The predicted molar refractivity (Wildman–Crippen MR) is 85.2 cm³/mol. The third kappa shape index (κ3) is 5.43. The molecule has 3 unspecified atom stereocenters. The molecule has 0 saturated heterocycles. The Morgan fingerprint density at radius 2 is 1.47 bits per heavy atom. The fraction of sp³-hybridized carbons (Fsp3) is 1.00. The minimum atomic E-state index is 0.382. The van der Waals surface area contributed by atoms with E-state index in [-0.39, 0.29) is 0 Å². The van der Waals surface area contributed by atoms with Gasteiger partial charge in [-0.1, -0.05) is 41.5 Å². The van der Waals surface area contributed by atoms with E-state index in [2.05, 4.69) is 46.4 Å². The Balaban J connectivity index is 2.73. The van der Waals surface area contributed by atoms with Crippen molar-refractivity contribution in [1.82, 2.24) is 4.90 Å². The van der Waals surface area contributed by atoms with E-state index < -0.39 is 0 Å². The molecule has 1 saturated carbocycles. The quantitative estimate of drug-likeness (QED) is 0.795. The topological polar surface area (TPSA) is 29.3 Å². The molecule has 0 bridgehead atoms. The lowest BCUT2D eigenvalue weighted by Crippen LogP contribution is -2.53. The van der Waals surface area contributed by atoms with Crippen molar-refractivity contribution in [1.29, 1.82) is 0 Å². The maximum atomic E-state index is 6.45. The van der Waals surface area contributed by atoms with Gasteiger partial charge in [-0.3, -0.25) is 4.90 Å². The molecule has 1 aliphatic rings. The average molecular weight is 268 g/mol. The first-order valence-electron chi connectivity index (χ1n) is 8.30. The summed E-state index contributed by atoms with van der Waals surface area (Å²) >= 11 is 0. The molecule has 0 aromatic rings. The van der Waals surface area contributed by atoms with Gasteiger partial charge in [0.25, 0.3) is 0 Å². The first-order valence-corrected chi connectivity index (χ1v) is 8.30. The molecule has 19 heavy (non-hydrogen) atoms. The van der Waals surface area contributed by atoms with Crippen molar-refractivity contribution in [3.63, 3.8) is 0 Å². The highest BCUT2D eigenvalue weighted by molar-refractivity contribution is 4.90. The molecule has 1 fully saturated rings. The summed E-state index contributed by atoms with van der Waals surface area (Å²) in [6, 6.07) is 0.985. The highest BCUT2D eigenvalue weighted by Gasteiger charge is 2.33. The molecule has 2 N–H and O–H groups in total. The van der Waals surface area contributed by atoms with Gasteiger partial charge in [-0.05, 0) is 42.9 Å². The fourth-order valence-corrected chi connectivity index (χ4v) is 3.51. The van der Waals surface area contributed by atoms with Gasteiger partial charge in [0, 0.05) is 25.2 Å². The van der Waals surface area contributed by atoms with Gasteiger partial charge < -0.3 is 5.73 Å². The van der Waals surface area contributed by atoms with Gasteiger partial charge in [0.05, 0.1) is 0 Å². The molecule has 0 heterocycles. The molecule has 0 aromatic heterocycles. The van der Waals surface area contributed by atoms with E-state index in [4.69, 9.17) is 5.73 Å². The van der Waals surface area contributed by atoms with Crippen molar-refractivity contribution in [2.24, 2.45) is 29.4 Å². The van der Waals surface area contributed by atoms with Crippen molar-refractivity contribution in [3.05, 3.63) is 0 Å². The Morgan fingerprint density at radius 3 is 1.89 bits per heavy atom. The van der Waals surface area contributed by atoms with Crippen molar-refractivity contribution in [3.8, 4) is 0 Å². The predicted octanol–water partition coefficient (Wildman–Crippen LogP) is 3.75. The lowest BCUT2D eigenvalue weighted by molar-refractivity contribution is 0.0770. The smallest absolute Gasteiger partial charge is 0.0250 e. The Bertz CT molecular complexity index is 238. The third-order valence-electron chi connectivity index (χ3n) is 4.52. The monoisotopic (exact) mass is 268 g/mol. The van der Waals surface area contributed by atoms with Crippen molar-refractivity contribution in [2.45, 2.75) is 72.9 Å². The van der Waals surface area contributed by atoms with Crippen LogP contribution in [0.3, 0.4) is 0 Å². The van der Waals surface area contributed by atoms with E-state index in [0.717, 1.165) is 23.7 Å². The van der Waals surface area contributed by atoms with Crippen LogP contribution in [0.15, 0.2) is 0 Å². The van der Waals surface area contributed by atoms with E-state index >= 15 is 0 Å². The standard InChI is InChI=1S/C17H36N2/c1-12(2)10-19(11-13(3)4)17-9-15(14(5)6)7-8-16(17)18/h12-17H,7-11,18H2,1-6H3. The summed E-state index contributed by atoms with van der Waals surface area (Å²) < 4.78 is 0. The van der Waals surface area contributed by atoms with E-state index in [0.29, 0.717) is 12.1 Å². The lowest BCUT2D eigenvalue weighted by Gasteiger charge is -2.43. The average Bonchev–Trinajstić information content (AvgIpc) is 2.27. The van der Waals surface area contributed by atoms with Gasteiger partial charge in [0.2, 0.25) is 0 Å². The molecule has 2 nitrogen and oxygen atoms in total. The first kappa shape index (κ1) is 17.0. The molecular weight excluding hydrogens is 232 g/mol. The molecule has 3 atom stereocenters. The third-order valence-corrected chi connectivity index (χ3v) is 4.52. The molecule has 1 aliphatic carbocycles. The SMILES string of the molecule is CC(C)CN(CC(C)C)C1CC(C(C)C)CCC1N. The van der Waals surface area contributed by atoms with E-state index in [1.165, 1.54) is 32.4 Å². The normalized spacial score (nSPS) is 28.9. The number of nitrogens with zero attached hydrogens (tertiary/aromatic N) is 1. The van der Waals surface area contributed by atoms with Crippen LogP contribution >= 0.6 is 0 Å². The number of rotatable bonds is 6. The molecule has 0 aromatic carbocycles. The zero-order valence-electron chi connectivity index (χ0n) is 14.0. The Morgan fingerprint density at radius 1 is 0.947 bits per heavy atom. The molecule has 0 amide bonds. The molecule has 2 heteroatoms. The Kier molecular flexibility index (Phi) is 6.82. The Hall–Kier alpha value is -0.0800. The van der Waals surface area contributed by atoms with Crippen LogP contribution in [0.4, 0.5) is 0 Å². The number of nitrogens with two attached hydrogens (primary N) is 1. The van der Waals surface area contributed by atoms with Crippen LogP contribution in [0, 0.1) is 23.7 Å². The lowest BCUT2D eigenvalue weighted by atomic mass is 9.76. The summed E-state index contributed by atoms with van der Waals surface area (Å²) in [5.74, 6) is 3.12. The van der Waals surface area contributed by atoms with Crippen molar-refractivity contribution < 1.29 is 0 Å². The summed E-state index contributed by atoms with van der Waals surface area (Å²) in [5.41, 5.74) is 6.45. The van der Waals surface area contributed by atoms with Gasteiger partial charge in [-0.25, -0.2) is 0 Å². The number of hydrogen-bond donors (Lipinski definition) is 1. The van der Waals surface area contributed by atoms with Crippen molar-refractivity contribution in [2.75, 3.05) is 13.1 Å². The van der Waals surface area contributed by atoms with Crippen molar-refractivity contribution >= 4 is 0 Å². The molecular formula is C17H36N2. The minimum absolute atomic E-state index is 0.382. The van der Waals surface area contributed by atoms with Crippen LogP contribution in [0.1, 0.15) is 60.8 Å². The van der Waals surface area contributed by atoms with Gasteiger partial charge in [0.1, 0.15) is 0 Å². The molecule has 0 spiro atoms. The van der Waals surface area contributed by atoms with Crippen LogP contribution in [0.25, 0.3) is 0 Å². The number of hydrogen-bond acceptors (Lipinski definition) is 2. The van der Waals surface area contributed by atoms with Crippen LogP contribution in [0.2, 0.25) is 0 Å². The second-order valence-electron chi connectivity index (χ2n) is 7.79. The second-order valence-corrected chi connectivity index (χ2v) is 7.79. The summed E-state index contributed by atoms with van der Waals surface area (Å²) in [4.78, 5) is 2.69. The summed E-state index contributed by atoms with van der Waals surface area (Å²) in [6.45, 7) is 16.4. The van der Waals surface area contributed by atoms with E-state index in [9.17, 15) is 0 Å². The van der Waals surface area contributed by atoms with Gasteiger partial charge in [0.15, 0.2) is 0 Å². The van der Waals surface area contributed by atoms with Crippen LogP contribution in [-0.2, 0) is 0 Å². The molecule has 114 valence electrons. The minimum Gasteiger partial charge on any atom is -0.326 e. The summed E-state index contributed by atoms with van der Waals surface area (Å²) in [5, 5.41) is 0. The van der Waals surface area contributed by atoms with E-state index in [1.54, 1.807) is 0 Å². The fourth-order valence-electron chi connectivity index (χ4n) is 3.51. The van der Waals surface area contributed by atoms with Gasteiger partial charge >= 0.3 is 0 Å². The highest BCUT2D eigenvalue weighted by Crippen LogP contribution is 2.32. The van der Waals surface area contributed by atoms with Crippen LogP contribution in [0.5, 0.6) is 0 Å². The maximum Gasteiger partial charge on any atom is 0.0250 e. The van der Waals surface area contributed by atoms with Gasteiger partial charge in [-0.2, -0.15) is 0 Å². The molecule has 0 aliphatic heterocycles. The highest BCUT2D eigenvalue weighted by atomic mass is 15.2. The molecule has 1 rings (SSSR count). The zero-order chi connectivity index (χ0) is 14.6. The first-order chi connectivity index (χ1) is 8.81. The maximum absolute atomic E-state index is 6.45.